The maximum atomic E-state index is 13.0. The highest BCUT2D eigenvalue weighted by atomic mass is 16.5. The largest absolute Gasteiger partial charge is 0.497 e. The first-order chi connectivity index (χ1) is 16.3. The van der Waals surface area contributed by atoms with Crippen LogP contribution in [0, 0.1) is 0 Å². The van der Waals surface area contributed by atoms with E-state index in [1.54, 1.807) is 40.5 Å². The second-order valence-electron chi connectivity index (χ2n) is 8.65. The number of aromatic nitrogens is 3. The van der Waals surface area contributed by atoms with Crippen molar-refractivity contribution in [3.05, 3.63) is 74.8 Å². The molecule has 178 valence electrons. The summed E-state index contributed by atoms with van der Waals surface area (Å²) in [6.45, 7) is 6.67. The van der Waals surface area contributed by atoms with E-state index in [9.17, 15) is 9.59 Å². The van der Waals surface area contributed by atoms with Gasteiger partial charge in [0.05, 0.1) is 12.6 Å². The van der Waals surface area contributed by atoms with Crippen molar-refractivity contribution >= 4 is 21.9 Å². The van der Waals surface area contributed by atoms with Gasteiger partial charge in [-0.2, -0.15) is 4.98 Å². The van der Waals surface area contributed by atoms with Crippen molar-refractivity contribution in [1.29, 1.82) is 0 Å². The fourth-order valence-corrected chi connectivity index (χ4v) is 4.42. The molecular formula is C26H30N4O4. The number of hydrogen-bond donors (Lipinski definition) is 1. The van der Waals surface area contributed by atoms with E-state index >= 15 is 0 Å². The molecule has 8 heteroatoms. The second kappa shape index (κ2) is 9.69. The van der Waals surface area contributed by atoms with Crippen LogP contribution in [0.2, 0.25) is 0 Å². The monoisotopic (exact) mass is 462 g/mol. The van der Waals surface area contributed by atoms with Gasteiger partial charge in [0.25, 0.3) is 11.1 Å². The van der Waals surface area contributed by atoms with Gasteiger partial charge < -0.3 is 19.8 Å². The molecule has 3 heterocycles. The van der Waals surface area contributed by atoms with Crippen LogP contribution in [0.15, 0.2) is 58.1 Å². The third-order valence-corrected chi connectivity index (χ3v) is 5.93. The van der Waals surface area contributed by atoms with E-state index in [-0.39, 0.29) is 23.2 Å². The molecule has 1 atom stereocenters. The minimum Gasteiger partial charge on any atom is -0.497 e. The summed E-state index contributed by atoms with van der Waals surface area (Å²) in [5.74, 6) is 1.09. The van der Waals surface area contributed by atoms with Crippen LogP contribution >= 0.6 is 0 Å². The van der Waals surface area contributed by atoms with Crippen LogP contribution in [-0.2, 0) is 6.42 Å². The predicted molar refractivity (Wildman–Crippen MR) is 134 cm³/mol. The van der Waals surface area contributed by atoms with Crippen molar-refractivity contribution in [3.63, 3.8) is 0 Å². The Balaban J connectivity index is 1.84. The van der Waals surface area contributed by atoms with E-state index in [4.69, 9.17) is 15.2 Å². The first-order valence-corrected chi connectivity index (χ1v) is 11.4. The molecule has 0 radical (unpaired) electrons. The molecule has 4 rings (SSSR count). The molecule has 0 aliphatic carbocycles. The molecule has 0 saturated heterocycles. The molecule has 0 aliphatic heterocycles. The van der Waals surface area contributed by atoms with Gasteiger partial charge in [0.2, 0.25) is 5.88 Å². The number of fused-ring (bicyclic) bond motifs is 2. The number of rotatable bonds is 8. The lowest BCUT2D eigenvalue weighted by atomic mass is 10.00. The van der Waals surface area contributed by atoms with Crippen molar-refractivity contribution < 1.29 is 9.47 Å². The molecule has 2 N–H and O–H groups in total. The summed E-state index contributed by atoms with van der Waals surface area (Å²) in [6, 6.07) is 14.1. The molecular weight excluding hydrogens is 432 g/mol. The van der Waals surface area contributed by atoms with E-state index in [1.807, 2.05) is 45.0 Å². The lowest BCUT2D eigenvalue weighted by molar-refractivity contribution is 0.316. The van der Waals surface area contributed by atoms with Gasteiger partial charge in [-0.3, -0.25) is 14.2 Å². The molecule has 0 spiro atoms. The Morgan fingerprint density at radius 2 is 1.68 bits per heavy atom. The summed E-state index contributed by atoms with van der Waals surface area (Å²) < 4.78 is 14.6. The van der Waals surface area contributed by atoms with Crippen molar-refractivity contribution in [2.75, 3.05) is 20.3 Å². The highest BCUT2D eigenvalue weighted by Gasteiger charge is 2.17. The molecule has 0 fully saturated rings. The van der Waals surface area contributed by atoms with Gasteiger partial charge >= 0.3 is 0 Å². The summed E-state index contributed by atoms with van der Waals surface area (Å²) in [5.41, 5.74) is 7.69. The molecule has 0 saturated carbocycles. The Morgan fingerprint density at radius 3 is 2.38 bits per heavy atom. The van der Waals surface area contributed by atoms with E-state index in [2.05, 4.69) is 4.98 Å². The van der Waals surface area contributed by atoms with E-state index in [1.165, 1.54) is 0 Å². The van der Waals surface area contributed by atoms with E-state index in [0.717, 1.165) is 21.9 Å². The van der Waals surface area contributed by atoms with Crippen molar-refractivity contribution in [3.8, 4) is 11.6 Å². The standard InChI is InChI=1S/C26H30N4O4/c1-16(2)29-22-15-20(33-4)14-19(21(22)7-10-24(29)31)13-17(3)30-25(32)9-6-18-5-8-23(28-26(18)30)34-12-11-27/h5-10,14-17H,11-13,27H2,1-4H3. The molecule has 4 aromatic rings. The van der Waals surface area contributed by atoms with Crippen LogP contribution in [0.1, 0.15) is 38.4 Å². The Morgan fingerprint density at radius 1 is 0.971 bits per heavy atom. The van der Waals surface area contributed by atoms with Crippen molar-refractivity contribution in [1.82, 2.24) is 14.1 Å². The topological polar surface area (TPSA) is 101 Å². The van der Waals surface area contributed by atoms with Crippen molar-refractivity contribution in [2.24, 2.45) is 5.73 Å². The molecule has 1 aromatic carbocycles. The predicted octanol–water partition coefficient (Wildman–Crippen LogP) is 3.44. The number of pyridine rings is 3. The molecule has 0 bridgehead atoms. The smallest absolute Gasteiger partial charge is 0.252 e. The van der Waals surface area contributed by atoms with Gasteiger partial charge in [0.1, 0.15) is 18.0 Å². The van der Waals surface area contributed by atoms with Crippen LogP contribution in [0.3, 0.4) is 0 Å². The zero-order valence-corrected chi connectivity index (χ0v) is 19.9. The molecule has 34 heavy (non-hydrogen) atoms. The average Bonchev–Trinajstić information content (AvgIpc) is 2.81. The molecule has 8 nitrogen and oxygen atoms in total. The summed E-state index contributed by atoms with van der Waals surface area (Å²) in [6.07, 6.45) is 0.540. The molecule has 0 amide bonds. The number of benzene rings is 1. The second-order valence-corrected chi connectivity index (χ2v) is 8.65. The van der Waals surface area contributed by atoms with E-state index < -0.39 is 0 Å². The molecule has 3 aromatic heterocycles. The first-order valence-electron chi connectivity index (χ1n) is 11.4. The fourth-order valence-electron chi connectivity index (χ4n) is 4.42. The van der Waals surface area contributed by atoms with Gasteiger partial charge in [-0.1, -0.05) is 0 Å². The quantitative estimate of drug-likeness (QED) is 0.430. The van der Waals surface area contributed by atoms with Crippen LogP contribution in [-0.4, -0.2) is 34.4 Å². The minimum absolute atomic E-state index is 0.00888. The lowest BCUT2D eigenvalue weighted by Crippen LogP contribution is -2.25. The minimum atomic E-state index is -0.219. The van der Waals surface area contributed by atoms with Gasteiger partial charge in [-0.05, 0) is 57.0 Å². The Labute approximate surface area is 197 Å². The Hall–Kier alpha value is -3.65. The van der Waals surface area contributed by atoms with Crippen LogP contribution in [0.5, 0.6) is 11.6 Å². The average molecular weight is 463 g/mol. The number of methoxy groups -OCH3 is 1. The van der Waals surface area contributed by atoms with E-state index in [0.29, 0.717) is 36.8 Å². The highest BCUT2D eigenvalue weighted by molar-refractivity contribution is 5.84. The zero-order chi connectivity index (χ0) is 24.4. The maximum Gasteiger partial charge on any atom is 0.252 e. The van der Waals surface area contributed by atoms with Crippen LogP contribution < -0.4 is 26.3 Å². The third kappa shape index (κ3) is 4.41. The van der Waals surface area contributed by atoms with Gasteiger partial charge in [-0.15, -0.1) is 0 Å². The van der Waals surface area contributed by atoms with Gasteiger partial charge in [0, 0.05) is 53.7 Å². The lowest BCUT2D eigenvalue weighted by Gasteiger charge is -2.21. The fraction of sp³-hybridized carbons (Fsp3) is 0.346. The Kier molecular flexibility index (Phi) is 6.70. The summed E-state index contributed by atoms with van der Waals surface area (Å²) in [4.78, 5) is 30.1. The van der Waals surface area contributed by atoms with Gasteiger partial charge in [0.15, 0.2) is 0 Å². The number of nitrogens with two attached hydrogens (primary N) is 1. The molecule has 0 aliphatic rings. The van der Waals surface area contributed by atoms with Crippen LogP contribution in [0.4, 0.5) is 0 Å². The van der Waals surface area contributed by atoms with Gasteiger partial charge in [-0.25, -0.2) is 0 Å². The third-order valence-electron chi connectivity index (χ3n) is 5.93. The van der Waals surface area contributed by atoms with Crippen LogP contribution in [0.25, 0.3) is 21.9 Å². The summed E-state index contributed by atoms with van der Waals surface area (Å²) in [7, 11) is 1.61. The first kappa shape index (κ1) is 23.5. The number of ether oxygens (including phenoxy) is 2. The summed E-state index contributed by atoms with van der Waals surface area (Å²) in [5, 5.41) is 1.80. The van der Waals surface area contributed by atoms with Crippen molar-refractivity contribution in [2.45, 2.75) is 39.3 Å². The zero-order valence-electron chi connectivity index (χ0n) is 19.9. The number of nitrogens with zero attached hydrogens (tertiary/aromatic N) is 3. The summed E-state index contributed by atoms with van der Waals surface area (Å²) >= 11 is 0. The highest BCUT2D eigenvalue weighted by Crippen LogP contribution is 2.29. The number of hydrogen-bond acceptors (Lipinski definition) is 6. The normalized spacial score (nSPS) is 12.4. The SMILES string of the molecule is COc1cc(CC(C)n2c(=O)ccc3ccc(OCCN)nc32)c2ccc(=O)n(C(C)C)c2c1. The maximum absolute atomic E-state index is 13.0. The Bertz CT molecular complexity index is 1460. The molecule has 1 unspecified atom stereocenters.